The monoisotopic (exact) mass is 360 g/mol. The molecule has 2 aliphatic rings. The lowest BCUT2D eigenvalue weighted by atomic mass is 9.93. The first kappa shape index (κ1) is 18.8. The van der Waals surface area contributed by atoms with Gasteiger partial charge in [0.1, 0.15) is 0 Å². The number of aliphatic imine (C=N–C) groups is 1. The van der Waals surface area contributed by atoms with Gasteiger partial charge in [-0.2, -0.15) is 0 Å². The number of likely N-dealkylation sites (tertiary alicyclic amines) is 1. The average Bonchev–Trinajstić information content (AvgIpc) is 3.15. The fourth-order valence-corrected chi connectivity index (χ4v) is 3.63. The number of rotatable bonds is 7. The number of hydrogen-bond donors (Lipinski definition) is 2. The van der Waals surface area contributed by atoms with Crippen LogP contribution in [-0.4, -0.2) is 57.4 Å². The third-order valence-electron chi connectivity index (χ3n) is 5.37. The molecule has 144 valence electrons. The maximum absolute atomic E-state index is 5.43. The van der Waals surface area contributed by atoms with Crippen LogP contribution in [0, 0.1) is 5.92 Å². The van der Waals surface area contributed by atoms with Crippen molar-refractivity contribution in [1.82, 2.24) is 15.5 Å². The van der Waals surface area contributed by atoms with Crippen LogP contribution < -0.4 is 20.1 Å². The lowest BCUT2D eigenvalue weighted by Gasteiger charge is -2.31. The minimum absolute atomic E-state index is 0.324. The molecule has 1 saturated heterocycles. The summed E-state index contributed by atoms with van der Waals surface area (Å²) < 4.78 is 10.8. The molecule has 0 unspecified atom stereocenters. The molecule has 26 heavy (non-hydrogen) atoms. The van der Waals surface area contributed by atoms with Crippen LogP contribution in [0.1, 0.15) is 31.7 Å². The van der Waals surface area contributed by atoms with E-state index in [1.165, 1.54) is 44.5 Å². The summed E-state index contributed by atoms with van der Waals surface area (Å²) in [6.07, 6.45) is 4.80. The van der Waals surface area contributed by atoms with E-state index in [0.717, 1.165) is 42.9 Å². The third kappa shape index (κ3) is 5.27. The molecule has 1 aromatic carbocycles. The second-order valence-corrected chi connectivity index (χ2v) is 7.03. The number of piperidine rings is 1. The van der Waals surface area contributed by atoms with Gasteiger partial charge in [-0.05, 0) is 68.9 Å². The first-order valence-electron chi connectivity index (χ1n) is 9.84. The first-order valence-corrected chi connectivity index (χ1v) is 9.84. The summed E-state index contributed by atoms with van der Waals surface area (Å²) in [6, 6.07) is 6.13. The van der Waals surface area contributed by atoms with E-state index in [0.29, 0.717) is 6.79 Å². The summed E-state index contributed by atoms with van der Waals surface area (Å²) in [4.78, 5) is 6.87. The molecule has 6 heteroatoms. The van der Waals surface area contributed by atoms with Crippen LogP contribution >= 0.6 is 0 Å². The predicted molar refractivity (Wildman–Crippen MR) is 105 cm³/mol. The number of benzene rings is 1. The minimum Gasteiger partial charge on any atom is -0.454 e. The van der Waals surface area contributed by atoms with Crippen molar-refractivity contribution < 1.29 is 9.47 Å². The van der Waals surface area contributed by atoms with E-state index in [4.69, 9.17) is 9.47 Å². The van der Waals surface area contributed by atoms with Gasteiger partial charge in [-0.25, -0.2) is 0 Å². The van der Waals surface area contributed by atoms with Crippen molar-refractivity contribution in [2.75, 3.05) is 46.6 Å². The Bertz CT molecular complexity index is 597. The van der Waals surface area contributed by atoms with E-state index >= 15 is 0 Å². The topological polar surface area (TPSA) is 58.1 Å². The first-order chi connectivity index (χ1) is 12.8. The minimum atomic E-state index is 0.324. The standard InChI is InChI=1S/C20H32N4O2/c1-3-24-12-8-16(9-13-24)6-10-22-20(21-2)23-11-7-17-4-5-18-19(14-17)26-15-25-18/h4-5,14,16H,3,6-13,15H2,1-2H3,(H2,21,22,23). The zero-order valence-electron chi connectivity index (χ0n) is 16.1. The van der Waals surface area contributed by atoms with Gasteiger partial charge in [0.2, 0.25) is 6.79 Å². The van der Waals surface area contributed by atoms with E-state index in [-0.39, 0.29) is 0 Å². The molecule has 0 amide bonds. The van der Waals surface area contributed by atoms with Gasteiger partial charge in [-0.1, -0.05) is 13.0 Å². The number of ether oxygens (including phenoxy) is 2. The van der Waals surface area contributed by atoms with E-state index in [2.05, 4.69) is 39.6 Å². The Hall–Kier alpha value is -1.95. The van der Waals surface area contributed by atoms with Gasteiger partial charge in [-0.3, -0.25) is 4.99 Å². The Kier molecular flexibility index (Phi) is 7.00. The largest absolute Gasteiger partial charge is 0.454 e. The summed E-state index contributed by atoms with van der Waals surface area (Å²) in [5.74, 6) is 3.41. The van der Waals surface area contributed by atoms with Crippen molar-refractivity contribution in [2.45, 2.75) is 32.6 Å². The summed E-state index contributed by atoms with van der Waals surface area (Å²) in [7, 11) is 1.83. The quantitative estimate of drug-likeness (QED) is 0.577. The molecule has 0 saturated carbocycles. The molecule has 2 N–H and O–H groups in total. The lowest BCUT2D eigenvalue weighted by molar-refractivity contribution is 0.174. The second-order valence-electron chi connectivity index (χ2n) is 7.03. The Morgan fingerprint density at radius 1 is 1.15 bits per heavy atom. The molecule has 0 aromatic heterocycles. The molecule has 0 aliphatic carbocycles. The fraction of sp³-hybridized carbons (Fsp3) is 0.650. The molecule has 2 heterocycles. The van der Waals surface area contributed by atoms with E-state index in [1.807, 2.05) is 13.1 Å². The molecule has 0 spiro atoms. The van der Waals surface area contributed by atoms with E-state index < -0.39 is 0 Å². The maximum atomic E-state index is 5.43. The summed E-state index contributed by atoms with van der Waals surface area (Å²) in [6.45, 7) is 8.10. The maximum Gasteiger partial charge on any atom is 0.231 e. The molecule has 2 aliphatic heterocycles. The second kappa shape index (κ2) is 9.67. The van der Waals surface area contributed by atoms with Gasteiger partial charge in [-0.15, -0.1) is 0 Å². The molecular formula is C20H32N4O2. The van der Waals surface area contributed by atoms with Crippen LogP contribution in [0.5, 0.6) is 11.5 Å². The number of nitrogens with zero attached hydrogens (tertiary/aromatic N) is 2. The molecule has 3 rings (SSSR count). The highest BCUT2D eigenvalue weighted by Gasteiger charge is 2.17. The van der Waals surface area contributed by atoms with Crippen molar-refractivity contribution >= 4 is 5.96 Å². The van der Waals surface area contributed by atoms with Gasteiger partial charge in [0.15, 0.2) is 17.5 Å². The normalized spacial score (nSPS) is 18.2. The summed E-state index contributed by atoms with van der Waals surface area (Å²) >= 11 is 0. The Balaban J connectivity index is 1.32. The zero-order valence-corrected chi connectivity index (χ0v) is 16.1. The number of guanidine groups is 1. The van der Waals surface area contributed by atoms with Gasteiger partial charge in [0.05, 0.1) is 0 Å². The number of fused-ring (bicyclic) bond motifs is 1. The third-order valence-corrected chi connectivity index (χ3v) is 5.37. The predicted octanol–water partition coefficient (Wildman–Crippen LogP) is 2.24. The van der Waals surface area contributed by atoms with Crippen molar-refractivity contribution in [2.24, 2.45) is 10.9 Å². The zero-order chi connectivity index (χ0) is 18.2. The molecule has 6 nitrogen and oxygen atoms in total. The van der Waals surface area contributed by atoms with Crippen LogP contribution in [0.2, 0.25) is 0 Å². The van der Waals surface area contributed by atoms with Crippen LogP contribution in [0.25, 0.3) is 0 Å². The molecule has 0 bridgehead atoms. The van der Waals surface area contributed by atoms with E-state index in [1.54, 1.807) is 0 Å². The van der Waals surface area contributed by atoms with Gasteiger partial charge >= 0.3 is 0 Å². The van der Waals surface area contributed by atoms with E-state index in [9.17, 15) is 0 Å². The van der Waals surface area contributed by atoms with Gasteiger partial charge < -0.3 is 25.0 Å². The number of nitrogens with one attached hydrogen (secondary N) is 2. The molecule has 1 aromatic rings. The molecule has 1 fully saturated rings. The van der Waals surface area contributed by atoms with Crippen molar-refractivity contribution in [3.8, 4) is 11.5 Å². The lowest BCUT2D eigenvalue weighted by Crippen LogP contribution is -2.40. The fourth-order valence-electron chi connectivity index (χ4n) is 3.63. The van der Waals surface area contributed by atoms with Crippen LogP contribution in [0.3, 0.4) is 0 Å². The van der Waals surface area contributed by atoms with Crippen LogP contribution in [-0.2, 0) is 6.42 Å². The Labute approximate surface area is 157 Å². The Morgan fingerprint density at radius 2 is 1.92 bits per heavy atom. The molecule has 0 radical (unpaired) electrons. The highest BCUT2D eigenvalue weighted by Crippen LogP contribution is 2.32. The van der Waals surface area contributed by atoms with Crippen LogP contribution in [0.15, 0.2) is 23.2 Å². The van der Waals surface area contributed by atoms with Crippen molar-refractivity contribution in [3.63, 3.8) is 0 Å². The highest BCUT2D eigenvalue weighted by molar-refractivity contribution is 5.79. The Morgan fingerprint density at radius 3 is 2.69 bits per heavy atom. The molecule has 0 atom stereocenters. The summed E-state index contributed by atoms with van der Waals surface area (Å²) in [5, 5.41) is 6.85. The van der Waals surface area contributed by atoms with Gasteiger partial charge in [0.25, 0.3) is 0 Å². The van der Waals surface area contributed by atoms with Crippen LogP contribution in [0.4, 0.5) is 0 Å². The SMILES string of the molecule is CCN1CCC(CCNC(=NC)NCCc2ccc3c(c2)OCO3)CC1. The van der Waals surface area contributed by atoms with Crippen molar-refractivity contribution in [1.29, 1.82) is 0 Å². The average molecular weight is 361 g/mol. The van der Waals surface area contributed by atoms with Crippen molar-refractivity contribution in [3.05, 3.63) is 23.8 Å². The smallest absolute Gasteiger partial charge is 0.231 e. The summed E-state index contributed by atoms with van der Waals surface area (Å²) in [5.41, 5.74) is 1.24. The highest BCUT2D eigenvalue weighted by atomic mass is 16.7. The van der Waals surface area contributed by atoms with Gasteiger partial charge in [0, 0.05) is 20.1 Å². The molecular weight excluding hydrogens is 328 g/mol. The number of hydrogen-bond acceptors (Lipinski definition) is 4.